The number of hydrogen-bond donors (Lipinski definition) is 3. The molecule has 7 heteroatoms. The number of carbonyl (C=O) groups excluding carboxylic acids is 1. The number of hydrogen-bond acceptors (Lipinski definition) is 4. The lowest BCUT2D eigenvalue weighted by atomic mass is 10.2. The van der Waals surface area contributed by atoms with Crippen LogP contribution in [0.4, 0.5) is 5.69 Å². The van der Waals surface area contributed by atoms with Crippen LogP contribution in [0.2, 0.25) is 0 Å². The second-order valence-corrected chi connectivity index (χ2v) is 6.36. The number of sulfonamides is 1. The molecule has 4 N–H and O–H groups in total. The zero-order valence-corrected chi connectivity index (χ0v) is 12.6. The van der Waals surface area contributed by atoms with E-state index < -0.39 is 10.0 Å². The molecule has 0 saturated heterocycles. The van der Waals surface area contributed by atoms with Gasteiger partial charge >= 0.3 is 0 Å². The van der Waals surface area contributed by atoms with Crippen LogP contribution < -0.4 is 15.8 Å². The minimum Gasteiger partial charge on any atom is -0.330 e. The lowest BCUT2D eigenvalue weighted by Crippen LogP contribution is -2.19. The van der Waals surface area contributed by atoms with Crippen molar-refractivity contribution in [1.29, 1.82) is 0 Å². The molecule has 112 valence electrons. The predicted molar refractivity (Wildman–Crippen MR) is 79.0 cm³/mol. The highest BCUT2D eigenvalue weighted by atomic mass is 32.2. The van der Waals surface area contributed by atoms with Crippen molar-refractivity contribution in [3.05, 3.63) is 23.8 Å². The quantitative estimate of drug-likeness (QED) is 0.653. The number of aryl methyl sites for hydroxylation is 1. The summed E-state index contributed by atoms with van der Waals surface area (Å²) in [6, 6.07) is 4.63. The van der Waals surface area contributed by atoms with Crippen molar-refractivity contribution in [1.82, 2.24) is 4.72 Å². The molecule has 0 aromatic heterocycles. The maximum absolute atomic E-state index is 11.8. The first-order valence-corrected chi connectivity index (χ1v) is 7.93. The highest BCUT2D eigenvalue weighted by Gasteiger charge is 2.13. The van der Waals surface area contributed by atoms with Crippen molar-refractivity contribution < 1.29 is 13.2 Å². The first kappa shape index (κ1) is 16.6. The average molecular weight is 299 g/mol. The van der Waals surface area contributed by atoms with Gasteiger partial charge in [-0.1, -0.05) is 6.07 Å². The van der Waals surface area contributed by atoms with E-state index in [1.165, 1.54) is 19.2 Å². The Morgan fingerprint density at radius 3 is 2.60 bits per heavy atom. The monoisotopic (exact) mass is 299 g/mol. The van der Waals surface area contributed by atoms with Gasteiger partial charge in [-0.3, -0.25) is 4.79 Å². The van der Waals surface area contributed by atoms with Gasteiger partial charge in [-0.25, -0.2) is 13.1 Å². The van der Waals surface area contributed by atoms with Crippen molar-refractivity contribution in [2.45, 2.75) is 31.1 Å². The Labute approximate surface area is 119 Å². The van der Waals surface area contributed by atoms with Gasteiger partial charge in [-0.05, 0) is 51.1 Å². The fourth-order valence-corrected chi connectivity index (χ4v) is 2.42. The molecular weight excluding hydrogens is 278 g/mol. The smallest absolute Gasteiger partial charge is 0.240 e. The molecule has 0 aliphatic carbocycles. The van der Waals surface area contributed by atoms with E-state index in [0.717, 1.165) is 18.4 Å². The Hall–Kier alpha value is -1.44. The van der Waals surface area contributed by atoms with Gasteiger partial charge in [-0.15, -0.1) is 0 Å². The minimum absolute atomic E-state index is 0.128. The standard InChI is InChI=1S/C13H21N3O3S/c1-10-6-7-11(20(18,19)15-2)9-12(10)16-13(17)5-3-4-8-14/h6-7,9,15H,3-5,8,14H2,1-2H3,(H,16,17). The molecule has 0 radical (unpaired) electrons. The molecule has 1 amide bonds. The molecule has 20 heavy (non-hydrogen) atoms. The minimum atomic E-state index is -3.51. The van der Waals surface area contributed by atoms with Crippen LogP contribution in [-0.4, -0.2) is 27.9 Å². The topological polar surface area (TPSA) is 101 Å². The maximum Gasteiger partial charge on any atom is 0.240 e. The summed E-state index contributed by atoms with van der Waals surface area (Å²) >= 11 is 0. The molecule has 0 spiro atoms. The van der Waals surface area contributed by atoms with E-state index in [0.29, 0.717) is 18.7 Å². The van der Waals surface area contributed by atoms with Crippen LogP contribution in [0.3, 0.4) is 0 Å². The van der Waals surface area contributed by atoms with E-state index in [2.05, 4.69) is 10.0 Å². The first-order chi connectivity index (χ1) is 9.40. The Morgan fingerprint density at radius 2 is 2.00 bits per heavy atom. The number of rotatable bonds is 7. The zero-order chi connectivity index (χ0) is 15.2. The second kappa shape index (κ2) is 7.37. The number of unbranched alkanes of at least 4 members (excludes halogenated alkanes) is 1. The van der Waals surface area contributed by atoms with Crippen LogP contribution in [0.1, 0.15) is 24.8 Å². The largest absolute Gasteiger partial charge is 0.330 e. The highest BCUT2D eigenvalue weighted by molar-refractivity contribution is 7.89. The molecule has 0 heterocycles. The van der Waals surface area contributed by atoms with Crippen LogP contribution >= 0.6 is 0 Å². The van der Waals surface area contributed by atoms with Gasteiger partial charge in [0.15, 0.2) is 0 Å². The summed E-state index contributed by atoms with van der Waals surface area (Å²) < 4.78 is 25.7. The van der Waals surface area contributed by atoms with Crippen LogP contribution in [-0.2, 0) is 14.8 Å². The normalized spacial score (nSPS) is 11.3. The number of carbonyl (C=O) groups is 1. The van der Waals surface area contributed by atoms with Crippen molar-refractivity contribution in [3.8, 4) is 0 Å². The number of anilines is 1. The summed E-state index contributed by atoms with van der Waals surface area (Å²) in [6.45, 7) is 2.37. The molecule has 1 aromatic rings. The number of benzene rings is 1. The Balaban J connectivity index is 2.85. The molecule has 6 nitrogen and oxygen atoms in total. The van der Waals surface area contributed by atoms with Crippen molar-refractivity contribution in [2.24, 2.45) is 5.73 Å². The molecule has 1 aromatic carbocycles. The van der Waals surface area contributed by atoms with Crippen molar-refractivity contribution in [3.63, 3.8) is 0 Å². The fourth-order valence-electron chi connectivity index (χ4n) is 1.66. The van der Waals surface area contributed by atoms with E-state index in [-0.39, 0.29) is 10.8 Å². The van der Waals surface area contributed by atoms with Gasteiger partial charge in [0.05, 0.1) is 4.90 Å². The van der Waals surface area contributed by atoms with Gasteiger partial charge in [0.1, 0.15) is 0 Å². The average Bonchev–Trinajstić information content (AvgIpc) is 2.41. The molecule has 0 saturated carbocycles. The van der Waals surface area contributed by atoms with E-state index >= 15 is 0 Å². The van der Waals surface area contributed by atoms with E-state index in [1.807, 2.05) is 6.92 Å². The molecule has 0 unspecified atom stereocenters. The third kappa shape index (κ3) is 4.59. The lowest BCUT2D eigenvalue weighted by molar-refractivity contribution is -0.116. The lowest BCUT2D eigenvalue weighted by Gasteiger charge is -2.10. The first-order valence-electron chi connectivity index (χ1n) is 6.45. The van der Waals surface area contributed by atoms with Gasteiger partial charge in [0.2, 0.25) is 15.9 Å². The molecule has 1 rings (SSSR count). The van der Waals surface area contributed by atoms with Crippen LogP contribution in [0.15, 0.2) is 23.1 Å². The summed E-state index contributed by atoms with van der Waals surface area (Å²) in [5.41, 5.74) is 6.69. The third-order valence-electron chi connectivity index (χ3n) is 2.92. The fraction of sp³-hybridized carbons (Fsp3) is 0.462. The Kier molecular flexibility index (Phi) is 6.12. The van der Waals surface area contributed by atoms with Crippen LogP contribution in [0.25, 0.3) is 0 Å². The Bertz CT molecular complexity index is 570. The molecule has 0 atom stereocenters. The second-order valence-electron chi connectivity index (χ2n) is 4.48. The SMILES string of the molecule is CNS(=O)(=O)c1ccc(C)c(NC(=O)CCCCN)c1. The predicted octanol–water partition coefficient (Wildman–Crippen LogP) is 0.971. The summed E-state index contributed by atoms with van der Waals surface area (Å²) in [5, 5.41) is 2.73. The summed E-state index contributed by atoms with van der Waals surface area (Å²) in [6.07, 6.45) is 1.89. The van der Waals surface area contributed by atoms with Gasteiger partial charge < -0.3 is 11.1 Å². The number of nitrogens with one attached hydrogen (secondary N) is 2. The maximum atomic E-state index is 11.8. The van der Waals surface area contributed by atoms with Crippen LogP contribution in [0.5, 0.6) is 0 Å². The van der Waals surface area contributed by atoms with Gasteiger partial charge in [0, 0.05) is 12.1 Å². The van der Waals surface area contributed by atoms with Gasteiger partial charge in [0.25, 0.3) is 0 Å². The highest BCUT2D eigenvalue weighted by Crippen LogP contribution is 2.20. The molecule has 0 fully saturated rings. The van der Waals surface area contributed by atoms with E-state index in [4.69, 9.17) is 5.73 Å². The molecule has 0 bridgehead atoms. The summed E-state index contributed by atoms with van der Waals surface area (Å²) in [5.74, 6) is -0.138. The molecular formula is C13H21N3O3S. The summed E-state index contributed by atoms with van der Waals surface area (Å²) in [7, 11) is -2.16. The third-order valence-corrected chi connectivity index (χ3v) is 4.33. The molecule has 0 aliphatic rings. The van der Waals surface area contributed by atoms with E-state index in [1.54, 1.807) is 6.07 Å². The molecule has 0 aliphatic heterocycles. The zero-order valence-electron chi connectivity index (χ0n) is 11.8. The van der Waals surface area contributed by atoms with Crippen molar-refractivity contribution >= 4 is 21.6 Å². The van der Waals surface area contributed by atoms with Crippen LogP contribution in [0, 0.1) is 6.92 Å². The Morgan fingerprint density at radius 1 is 1.30 bits per heavy atom. The van der Waals surface area contributed by atoms with E-state index in [9.17, 15) is 13.2 Å². The number of amides is 1. The number of nitrogens with two attached hydrogens (primary N) is 1. The van der Waals surface area contributed by atoms with Crippen molar-refractivity contribution in [2.75, 3.05) is 18.9 Å². The summed E-state index contributed by atoms with van der Waals surface area (Å²) in [4.78, 5) is 11.9. The van der Waals surface area contributed by atoms with Gasteiger partial charge in [-0.2, -0.15) is 0 Å².